The van der Waals surface area contributed by atoms with Gasteiger partial charge in [0.25, 0.3) is 5.91 Å². The molecule has 6 nitrogen and oxygen atoms in total. The number of hydrogen-bond donors (Lipinski definition) is 2. The van der Waals surface area contributed by atoms with Crippen LogP contribution in [-0.2, 0) is 4.79 Å². The highest BCUT2D eigenvalue weighted by Gasteiger charge is 2.12. The van der Waals surface area contributed by atoms with Gasteiger partial charge in [-0.3, -0.25) is 9.59 Å². The Morgan fingerprint density at radius 1 is 1.12 bits per heavy atom. The van der Waals surface area contributed by atoms with E-state index in [9.17, 15) is 9.59 Å². The average Bonchev–Trinajstić information content (AvgIpc) is 2.93. The maximum Gasteiger partial charge on any atom is 0.303 e. The summed E-state index contributed by atoms with van der Waals surface area (Å²) in [7, 11) is 0. The summed E-state index contributed by atoms with van der Waals surface area (Å²) in [6, 6.07) is 9.72. The second kappa shape index (κ2) is 8.29. The van der Waals surface area contributed by atoms with Crippen LogP contribution in [0.15, 0.2) is 30.3 Å². The van der Waals surface area contributed by atoms with Crippen molar-refractivity contribution >= 4 is 11.9 Å². The van der Waals surface area contributed by atoms with Gasteiger partial charge < -0.3 is 10.4 Å². The Hall–Kier alpha value is -2.63. The molecule has 1 aromatic carbocycles. The maximum absolute atomic E-state index is 12.2. The number of carbonyl (C=O) groups excluding carboxylic acids is 1. The number of amides is 1. The zero-order chi connectivity index (χ0) is 17.5. The molecule has 6 heteroatoms. The lowest BCUT2D eigenvalue weighted by Gasteiger charge is -2.04. The van der Waals surface area contributed by atoms with Gasteiger partial charge in [0.15, 0.2) is 5.69 Å². The number of aliphatic carboxylic acids is 1. The summed E-state index contributed by atoms with van der Waals surface area (Å²) in [5.74, 6) is -0.988. The molecule has 0 bridgehead atoms. The van der Waals surface area contributed by atoms with Crippen LogP contribution < -0.4 is 5.32 Å². The number of aromatic nitrogens is 2. The quantitative estimate of drug-likeness (QED) is 0.729. The number of carboxylic acid groups (broad SMARTS) is 1. The van der Waals surface area contributed by atoms with Crippen molar-refractivity contribution in [2.75, 3.05) is 6.54 Å². The van der Waals surface area contributed by atoms with E-state index in [2.05, 4.69) is 10.4 Å². The maximum atomic E-state index is 12.2. The van der Waals surface area contributed by atoms with E-state index < -0.39 is 5.97 Å². The summed E-state index contributed by atoms with van der Waals surface area (Å²) in [5, 5.41) is 15.8. The number of nitrogens with one attached hydrogen (secondary N) is 1. The van der Waals surface area contributed by atoms with E-state index in [0.717, 1.165) is 24.2 Å². The first kappa shape index (κ1) is 17.7. The zero-order valence-corrected chi connectivity index (χ0v) is 14.1. The number of benzene rings is 1. The van der Waals surface area contributed by atoms with Crippen LogP contribution in [0.4, 0.5) is 0 Å². The molecule has 2 aromatic rings. The predicted octanol–water partition coefficient (Wildman–Crippen LogP) is 2.86. The first-order valence-corrected chi connectivity index (χ1v) is 8.11. The molecule has 0 aliphatic rings. The van der Waals surface area contributed by atoms with Crippen molar-refractivity contribution in [3.05, 3.63) is 47.3 Å². The monoisotopic (exact) mass is 329 g/mol. The molecule has 0 unspecified atom stereocenters. The molecular weight excluding hydrogens is 306 g/mol. The summed E-state index contributed by atoms with van der Waals surface area (Å²) < 4.78 is 1.75. The summed E-state index contributed by atoms with van der Waals surface area (Å²) in [6.45, 7) is 4.46. The largest absolute Gasteiger partial charge is 0.481 e. The molecule has 0 fully saturated rings. The summed E-state index contributed by atoms with van der Waals surface area (Å²) in [5.41, 5.74) is 3.37. The number of aryl methyl sites for hydroxylation is 2. The highest BCUT2D eigenvalue weighted by Crippen LogP contribution is 2.13. The number of carboxylic acids is 1. The lowest BCUT2D eigenvalue weighted by molar-refractivity contribution is -0.137. The number of unbranched alkanes of at least 4 members (excludes halogenated alkanes) is 2. The van der Waals surface area contributed by atoms with Gasteiger partial charge in [0.2, 0.25) is 0 Å². The van der Waals surface area contributed by atoms with Crippen LogP contribution in [0.3, 0.4) is 0 Å². The van der Waals surface area contributed by atoms with Crippen LogP contribution in [0.25, 0.3) is 5.69 Å². The van der Waals surface area contributed by atoms with Crippen LogP contribution >= 0.6 is 0 Å². The smallest absolute Gasteiger partial charge is 0.303 e. The van der Waals surface area contributed by atoms with Gasteiger partial charge in [-0.15, -0.1) is 0 Å². The third-order valence-corrected chi connectivity index (χ3v) is 3.75. The Balaban J connectivity index is 1.88. The van der Waals surface area contributed by atoms with Gasteiger partial charge in [-0.25, -0.2) is 4.68 Å². The third kappa shape index (κ3) is 4.94. The van der Waals surface area contributed by atoms with Crippen molar-refractivity contribution in [3.63, 3.8) is 0 Å². The molecule has 1 aromatic heterocycles. The fraction of sp³-hybridized carbons (Fsp3) is 0.389. The normalized spacial score (nSPS) is 10.6. The molecule has 0 atom stereocenters. The highest BCUT2D eigenvalue weighted by molar-refractivity contribution is 5.92. The second-order valence-electron chi connectivity index (χ2n) is 5.88. The van der Waals surface area contributed by atoms with Gasteiger partial charge in [0.1, 0.15) is 0 Å². The molecule has 0 saturated carbocycles. The Morgan fingerprint density at radius 3 is 2.50 bits per heavy atom. The van der Waals surface area contributed by atoms with E-state index in [1.165, 1.54) is 5.56 Å². The van der Waals surface area contributed by atoms with Crippen molar-refractivity contribution in [1.82, 2.24) is 15.1 Å². The number of hydrogen-bond acceptors (Lipinski definition) is 3. The summed E-state index contributed by atoms with van der Waals surface area (Å²) in [4.78, 5) is 22.6. The molecule has 0 aliphatic heterocycles. The van der Waals surface area contributed by atoms with Crippen LogP contribution in [0.5, 0.6) is 0 Å². The summed E-state index contributed by atoms with van der Waals surface area (Å²) >= 11 is 0. The highest BCUT2D eigenvalue weighted by atomic mass is 16.4. The predicted molar refractivity (Wildman–Crippen MR) is 91.5 cm³/mol. The van der Waals surface area contributed by atoms with E-state index in [1.54, 1.807) is 10.7 Å². The van der Waals surface area contributed by atoms with Crippen molar-refractivity contribution in [2.45, 2.75) is 39.5 Å². The lowest BCUT2D eigenvalue weighted by atomic mass is 10.2. The first-order valence-electron chi connectivity index (χ1n) is 8.11. The van der Waals surface area contributed by atoms with Crippen LogP contribution in [-0.4, -0.2) is 33.3 Å². The van der Waals surface area contributed by atoms with Crippen LogP contribution in [0.1, 0.15) is 47.4 Å². The van der Waals surface area contributed by atoms with E-state index in [4.69, 9.17) is 5.11 Å². The van der Waals surface area contributed by atoms with E-state index >= 15 is 0 Å². The first-order chi connectivity index (χ1) is 11.5. The van der Waals surface area contributed by atoms with Gasteiger partial charge in [0, 0.05) is 18.7 Å². The Labute approximate surface area is 141 Å². The van der Waals surface area contributed by atoms with Crippen LogP contribution in [0.2, 0.25) is 0 Å². The van der Waals surface area contributed by atoms with Crippen molar-refractivity contribution in [3.8, 4) is 5.69 Å². The molecule has 0 radical (unpaired) electrons. The molecule has 0 spiro atoms. The molecular formula is C18H23N3O3. The Morgan fingerprint density at radius 2 is 1.83 bits per heavy atom. The fourth-order valence-corrected chi connectivity index (χ4v) is 2.40. The number of nitrogens with zero attached hydrogens (tertiary/aromatic N) is 2. The topological polar surface area (TPSA) is 84.2 Å². The third-order valence-electron chi connectivity index (χ3n) is 3.75. The van der Waals surface area contributed by atoms with E-state index in [1.807, 2.05) is 38.1 Å². The molecule has 2 N–H and O–H groups in total. The molecule has 1 heterocycles. The van der Waals surface area contributed by atoms with E-state index in [-0.39, 0.29) is 12.3 Å². The molecule has 0 aliphatic carbocycles. The van der Waals surface area contributed by atoms with Crippen LogP contribution in [0, 0.1) is 13.8 Å². The van der Waals surface area contributed by atoms with Gasteiger partial charge in [-0.05, 0) is 44.9 Å². The standard InChI is InChI=1S/C18H23N3O3/c1-13-7-9-15(10-8-13)21-14(2)12-16(20-21)18(24)19-11-5-3-4-6-17(22)23/h7-10,12H,3-6,11H2,1-2H3,(H,19,24)(H,22,23). The van der Waals surface area contributed by atoms with Gasteiger partial charge in [-0.2, -0.15) is 5.10 Å². The average molecular weight is 329 g/mol. The van der Waals surface area contributed by atoms with Crippen molar-refractivity contribution in [1.29, 1.82) is 0 Å². The van der Waals surface area contributed by atoms with Crippen molar-refractivity contribution < 1.29 is 14.7 Å². The van der Waals surface area contributed by atoms with Crippen molar-refractivity contribution in [2.24, 2.45) is 0 Å². The minimum absolute atomic E-state index is 0.175. The Kier molecular flexibility index (Phi) is 6.12. The molecule has 2 rings (SSSR count). The molecule has 1 amide bonds. The number of rotatable bonds is 8. The summed E-state index contributed by atoms with van der Waals surface area (Å²) in [6.07, 6.45) is 2.35. The lowest BCUT2D eigenvalue weighted by Crippen LogP contribution is -2.25. The Bertz CT molecular complexity index is 705. The SMILES string of the molecule is Cc1ccc(-n2nc(C(=O)NCCCCCC(=O)O)cc2C)cc1. The minimum Gasteiger partial charge on any atom is -0.481 e. The zero-order valence-electron chi connectivity index (χ0n) is 14.1. The second-order valence-corrected chi connectivity index (χ2v) is 5.88. The van der Waals surface area contributed by atoms with Gasteiger partial charge in [-0.1, -0.05) is 24.1 Å². The van der Waals surface area contributed by atoms with E-state index in [0.29, 0.717) is 18.7 Å². The van der Waals surface area contributed by atoms with Gasteiger partial charge >= 0.3 is 5.97 Å². The molecule has 24 heavy (non-hydrogen) atoms. The fourth-order valence-electron chi connectivity index (χ4n) is 2.40. The minimum atomic E-state index is -0.781. The number of carbonyl (C=O) groups is 2. The molecule has 128 valence electrons. The molecule has 0 saturated heterocycles. The van der Waals surface area contributed by atoms with Gasteiger partial charge in [0.05, 0.1) is 5.69 Å².